The Balaban J connectivity index is 1.56. The molecule has 2 unspecified atom stereocenters. The molecule has 3 aliphatic rings. The first kappa shape index (κ1) is 25.5. The van der Waals surface area contributed by atoms with E-state index in [0.717, 1.165) is 18.4 Å². The number of carbonyl (C=O) groups excluding carboxylic acids is 2. The Bertz CT molecular complexity index is 1230. The van der Waals surface area contributed by atoms with Crippen molar-refractivity contribution in [3.05, 3.63) is 40.0 Å². The van der Waals surface area contributed by atoms with E-state index < -0.39 is 23.5 Å². The SMILES string of the molecule is Cc1nc(COc2ccc(Cl)c3c2C(N2CCCC2=O)N(C(=O)C2CCCC[C@]2(C)C(=O)O)CC3)no1. The van der Waals surface area contributed by atoms with Gasteiger partial charge in [0.15, 0.2) is 6.61 Å². The van der Waals surface area contributed by atoms with E-state index in [9.17, 15) is 19.5 Å². The highest BCUT2D eigenvalue weighted by Crippen LogP contribution is 2.47. The third-order valence-corrected chi connectivity index (χ3v) is 8.38. The first-order valence-corrected chi connectivity index (χ1v) is 13.1. The largest absolute Gasteiger partial charge is 0.485 e. The number of hydrogen-bond donors (Lipinski definition) is 1. The molecule has 198 valence electrons. The molecule has 5 rings (SSSR count). The number of carbonyl (C=O) groups is 3. The monoisotopic (exact) mass is 530 g/mol. The number of halogens is 1. The minimum atomic E-state index is -1.15. The summed E-state index contributed by atoms with van der Waals surface area (Å²) in [4.78, 5) is 47.1. The van der Waals surface area contributed by atoms with E-state index >= 15 is 0 Å². The molecule has 11 heteroatoms. The van der Waals surface area contributed by atoms with Gasteiger partial charge in [-0.25, -0.2) is 0 Å². The van der Waals surface area contributed by atoms with E-state index in [0.29, 0.717) is 73.2 Å². The fourth-order valence-electron chi connectivity index (χ4n) is 6.00. The highest BCUT2D eigenvalue weighted by atomic mass is 35.5. The summed E-state index contributed by atoms with van der Waals surface area (Å²) in [6.07, 6.45) is 3.32. The van der Waals surface area contributed by atoms with Gasteiger partial charge >= 0.3 is 5.97 Å². The molecule has 1 aliphatic carbocycles. The summed E-state index contributed by atoms with van der Waals surface area (Å²) in [5.74, 6) is -0.653. The maximum Gasteiger partial charge on any atom is 0.310 e. The van der Waals surface area contributed by atoms with Crippen molar-refractivity contribution >= 4 is 29.4 Å². The Hall–Kier alpha value is -3.14. The Labute approximate surface area is 219 Å². The molecule has 1 aromatic carbocycles. The van der Waals surface area contributed by atoms with Crippen LogP contribution in [0.3, 0.4) is 0 Å². The Morgan fingerprint density at radius 3 is 2.73 bits per heavy atom. The Kier molecular flexibility index (Phi) is 6.87. The summed E-state index contributed by atoms with van der Waals surface area (Å²) >= 11 is 6.63. The lowest BCUT2D eigenvalue weighted by atomic mass is 9.66. The van der Waals surface area contributed by atoms with Gasteiger partial charge in [-0.15, -0.1) is 0 Å². The summed E-state index contributed by atoms with van der Waals surface area (Å²) in [6.45, 7) is 4.22. The predicted octanol–water partition coefficient (Wildman–Crippen LogP) is 3.90. The lowest BCUT2D eigenvalue weighted by Crippen LogP contribution is -2.54. The number of rotatable bonds is 6. The number of aryl methyl sites for hydroxylation is 1. The molecule has 37 heavy (non-hydrogen) atoms. The molecule has 1 saturated carbocycles. The number of nitrogens with zero attached hydrogens (tertiary/aromatic N) is 4. The van der Waals surface area contributed by atoms with Crippen LogP contribution in [0.4, 0.5) is 0 Å². The van der Waals surface area contributed by atoms with Crippen LogP contribution in [0.1, 0.15) is 74.5 Å². The molecule has 0 bridgehead atoms. The number of benzene rings is 1. The van der Waals surface area contributed by atoms with Crippen LogP contribution < -0.4 is 4.74 Å². The van der Waals surface area contributed by atoms with Crippen LogP contribution in [0.25, 0.3) is 0 Å². The molecule has 0 spiro atoms. The predicted molar refractivity (Wildman–Crippen MR) is 132 cm³/mol. The maximum atomic E-state index is 14.2. The van der Waals surface area contributed by atoms with Gasteiger partial charge in [-0.1, -0.05) is 29.6 Å². The molecule has 1 aromatic heterocycles. The molecule has 2 fully saturated rings. The van der Waals surface area contributed by atoms with Crippen LogP contribution in [-0.4, -0.2) is 55.9 Å². The van der Waals surface area contributed by atoms with E-state index in [1.54, 1.807) is 35.8 Å². The molecule has 2 amide bonds. The molecule has 1 N–H and O–H groups in total. The summed E-state index contributed by atoms with van der Waals surface area (Å²) < 4.78 is 11.2. The number of carboxylic acid groups (broad SMARTS) is 1. The normalized spacial score (nSPS) is 25.8. The van der Waals surface area contributed by atoms with Gasteiger partial charge in [0.2, 0.25) is 23.5 Å². The molecule has 2 aromatic rings. The van der Waals surface area contributed by atoms with E-state index in [1.165, 1.54) is 0 Å². The Morgan fingerprint density at radius 1 is 1.24 bits per heavy atom. The fraction of sp³-hybridized carbons (Fsp3) is 0.577. The fourth-order valence-corrected chi connectivity index (χ4v) is 6.26. The number of likely N-dealkylation sites (tertiary alicyclic amines) is 1. The van der Waals surface area contributed by atoms with Crippen LogP contribution in [0, 0.1) is 18.3 Å². The van der Waals surface area contributed by atoms with Gasteiger partial charge in [0.25, 0.3) is 0 Å². The number of hydrogen-bond acceptors (Lipinski definition) is 7. The van der Waals surface area contributed by atoms with Crippen LogP contribution in [0.5, 0.6) is 5.75 Å². The zero-order chi connectivity index (χ0) is 26.3. The van der Waals surface area contributed by atoms with Gasteiger partial charge in [0.1, 0.15) is 11.9 Å². The highest BCUT2D eigenvalue weighted by molar-refractivity contribution is 6.31. The van der Waals surface area contributed by atoms with Gasteiger partial charge in [-0.3, -0.25) is 14.4 Å². The third kappa shape index (κ3) is 4.56. The molecule has 3 atom stereocenters. The van der Waals surface area contributed by atoms with Crippen LogP contribution in [0.15, 0.2) is 16.7 Å². The average Bonchev–Trinajstić information content (AvgIpc) is 3.50. The van der Waals surface area contributed by atoms with Crippen LogP contribution >= 0.6 is 11.6 Å². The quantitative estimate of drug-likeness (QED) is 0.596. The number of carboxylic acids is 1. The summed E-state index contributed by atoms with van der Waals surface area (Å²) in [5, 5.41) is 14.5. The number of ether oxygens (including phenoxy) is 1. The molecule has 10 nitrogen and oxygen atoms in total. The lowest BCUT2D eigenvalue weighted by Gasteiger charge is -2.46. The van der Waals surface area contributed by atoms with Crippen molar-refractivity contribution < 1.29 is 28.8 Å². The minimum Gasteiger partial charge on any atom is -0.485 e. The third-order valence-electron chi connectivity index (χ3n) is 8.03. The van der Waals surface area contributed by atoms with Crippen molar-refractivity contribution in [2.24, 2.45) is 11.3 Å². The van der Waals surface area contributed by atoms with Crippen molar-refractivity contribution in [1.82, 2.24) is 19.9 Å². The zero-order valence-electron chi connectivity index (χ0n) is 21.0. The minimum absolute atomic E-state index is 0.0414. The summed E-state index contributed by atoms with van der Waals surface area (Å²) in [7, 11) is 0. The van der Waals surface area contributed by atoms with Crippen molar-refractivity contribution in [3.63, 3.8) is 0 Å². The first-order valence-electron chi connectivity index (χ1n) is 12.8. The van der Waals surface area contributed by atoms with E-state index in [2.05, 4.69) is 10.1 Å². The standard InChI is InChI=1S/C26H31ClN4O6/c1-15-28-20(29-37-15)14-36-19-9-8-18(27)16-10-13-31(23(22(16)19)30-12-5-7-21(30)32)24(33)17-6-3-4-11-26(17,2)25(34)35/h8-9,17,23H,3-7,10-14H2,1-2H3,(H,34,35)/t17?,23?,26-/m0/s1. The topological polar surface area (TPSA) is 126 Å². The second-order valence-corrected chi connectivity index (χ2v) is 10.7. The molecule has 3 heterocycles. The van der Waals surface area contributed by atoms with E-state index in [1.807, 2.05) is 0 Å². The number of fused-ring (bicyclic) bond motifs is 1. The van der Waals surface area contributed by atoms with Gasteiger partial charge in [-0.05, 0) is 50.3 Å². The number of aromatic nitrogens is 2. The maximum absolute atomic E-state index is 14.2. The molecule has 2 aliphatic heterocycles. The molecule has 0 radical (unpaired) electrons. The number of amides is 2. The summed E-state index contributed by atoms with van der Waals surface area (Å²) in [5.41, 5.74) is 0.330. The van der Waals surface area contributed by atoms with Crippen molar-refractivity contribution in [2.75, 3.05) is 13.1 Å². The van der Waals surface area contributed by atoms with Gasteiger partial charge < -0.3 is 24.2 Å². The van der Waals surface area contributed by atoms with Gasteiger partial charge in [0.05, 0.1) is 11.3 Å². The highest BCUT2D eigenvalue weighted by Gasteiger charge is 2.51. The van der Waals surface area contributed by atoms with Crippen molar-refractivity contribution in [1.29, 1.82) is 0 Å². The molecule has 1 saturated heterocycles. The average molecular weight is 531 g/mol. The first-order chi connectivity index (χ1) is 17.7. The van der Waals surface area contributed by atoms with Gasteiger partial charge in [-0.2, -0.15) is 4.98 Å². The van der Waals surface area contributed by atoms with Crippen LogP contribution in [0.2, 0.25) is 5.02 Å². The van der Waals surface area contributed by atoms with E-state index in [4.69, 9.17) is 20.9 Å². The van der Waals surface area contributed by atoms with Crippen molar-refractivity contribution in [3.8, 4) is 5.75 Å². The van der Waals surface area contributed by atoms with Gasteiger partial charge in [0, 0.05) is 37.0 Å². The molecular formula is C26H31ClN4O6. The second-order valence-electron chi connectivity index (χ2n) is 10.3. The van der Waals surface area contributed by atoms with Crippen molar-refractivity contribution in [2.45, 2.75) is 71.6 Å². The summed E-state index contributed by atoms with van der Waals surface area (Å²) in [6, 6.07) is 3.48. The molecular weight excluding hydrogens is 500 g/mol. The smallest absolute Gasteiger partial charge is 0.310 e. The van der Waals surface area contributed by atoms with Crippen LogP contribution in [-0.2, 0) is 27.4 Å². The zero-order valence-corrected chi connectivity index (χ0v) is 21.8. The lowest BCUT2D eigenvalue weighted by molar-refractivity contribution is -0.165. The number of aliphatic carboxylic acids is 1. The second kappa shape index (κ2) is 9.96. The Morgan fingerprint density at radius 2 is 2.05 bits per heavy atom. The van der Waals surface area contributed by atoms with E-state index in [-0.39, 0.29) is 18.4 Å².